The molecule has 0 aliphatic heterocycles. The highest BCUT2D eigenvalue weighted by molar-refractivity contribution is 7.09. The molecule has 4 heteroatoms. The molecule has 1 atom stereocenters. The SMILES string of the molecule is CC(C)c1csc(C(C)CC(=O)O)n1. The quantitative estimate of drug-likeness (QED) is 0.836. The molecule has 1 N–H and O–H groups in total. The first-order chi connectivity index (χ1) is 6.50. The summed E-state index contributed by atoms with van der Waals surface area (Å²) in [6.45, 7) is 6.07. The van der Waals surface area contributed by atoms with E-state index in [2.05, 4.69) is 18.8 Å². The Hall–Kier alpha value is -0.900. The Labute approximate surface area is 87.8 Å². The summed E-state index contributed by atoms with van der Waals surface area (Å²) in [5.41, 5.74) is 1.06. The second-order valence-electron chi connectivity index (χ2n) is 3.76. The van der Waals surface area contributed by atoms with Crippen LogP contribution in [0.4, 0.5) is 0 Å². The normalized spacial score (nSPS) is 13.1. The zero-order valence-corrected chi connectivity index (χ0v) is 9.47. The lowest BCUT2D eigenvalue weighted by Crippen LogP contribution is -2.02. The molecule has 0 radical (unpaired) electrons. The molecule has 1 aromatic heterocycles. The average Bonchev–Trinajstić information content (AvgIpc) is 2.50. The number of rotatable bonds is 4. The molecule has 0 aromatic carbocycles. The largest absolute Gasteiger partial charge is 0.481 e. The Morgan fingerprint density at radius 3 is 2.64 bits per heavy atom. The second-order valence-corrected chi connectivity index (χ2v) is 4.65. The summed E-state index contributed by atoms with van der Waals surface area (Å²) in [6, 6.07) is 0. The molecule has 1 heterocycles. The van der Waals surface area contributed by atoms with E-state index in [1.54, 1.807) is 11.3 Å². The van der Waals surface area contributed by atoms with Crippen molar-refractivity contribution in [2.45, 2.75) is 39.0 Å². The molecule has 1 rings (SSSR count). The first kappa shape index (κ1) is 11.2. The lowest BCUT2D eigenvalue weighted by Gasteiger charge is -2.03. The van der Waals surface area contributed by atoms with Gasteiger partial charge in [-0.05, 0) is 5.92 Å². The van der Waals surface area contributed by atoms with E-state index in [9.17, 15) is 4.79 Å². The smallest absolute Gasteiger partial charge is 0.304 e. The number of thiazole rings is 1. The first-order valence-corrected chi connectivity index (χ1v) is 5.55. The van der Waals surface area contributed by atoms with Crippen LogP contribution >= 0.6 is 11.3 Å². The van der Waals surface area contributed by atoms with E-state index in [-0.39, 0.29) is 12.3 Å². The number of aromatic nitrogens is 1. The fraction of sp³-hybridized carbons (Fsp3) is 0.600. The maximum Gasteiger partial charge on any atom is 0.304 e. The van der Waals surface area contributed by atoms with E-state index in [0.717, 1.165) is 10.7 Å². The Morgan fingerprint density at radius 1 is 1.57 bits per heavy atom. The van der Waals surface area contributed by atoms with Crippen molar-refractivity contribution in [3.63, 3.8) is 0 Å². The number of hydrogen-bond acceptors (Lipinski definition) is 3. The van der Waals surface area contributed by atoms with Crippen LogP contribution in [0.3, 0.4) is 0 Å². The number of carbonyl (C=O) groups is 1. The van der Waals surface area contributed by atoms with Gasteiger partial charge in [0.15, 0.2) is 0 Å². The molecular weight excluding hydrogens is 198 g/mol. The minimum atomic E-state index is -0.765. The number of carboxylic acids is 1. The van der Waals surface area contributed by atoms with Crippen LogP contribution in [0.15, 0.2) is 5.38 Å². The van der Waals surface area contributed by atoms with Crippen LogP contribution in [-0.4, -0.2) is 16.1 Å². The van der Waals surface area contributed by atoms with E-state index in [1.165, 1.54) is 0 Å². The van der Waals surface area contributed by atoms with Crippen molar-refractivity contribution in [2.75, 3.05) is 0 Å². The van der Waals surface area contributed by atoms with Gasteiger partial charge in [0.1, 0.15) is 0 Å². The predicted molar refractivity (Wildman–Crippen MR) is 56.9 cm³/mol. The topological polar surface area (TPSA) is 50.2 Å². The van der Waals surface area contributed by atoms with Crippen molar-refractivity contribution in [1.29, 1.82) is 0 Å². The molecule has 14 heavy (non-hydrogen) atoms. The summed E-state index contributed by atoms with van der Waals surface area (Å²) < 4.78 is 0. The zero-order valence-electron chi connectivity index (χ0n) is 8.65. The van der Waals surface area contributed by atoms with Gasteiger partial charge < -0.3 is 5.11 Å². The van der Waals surface area contributed by atoms with Crippen LogP contribution in [0.1, 0.15) is 49.7 Å². The Balaban J connectivity index is 2.71. The number of nitrogens with zero attached hydrogens (tertiary/aromatic N) is 1. The van der Waals surface area contributed by atoms with E-state index < -0.39 is 5.97 Å². The second kappa shape index (κ2) is 4.55. The van der Waals surface area contributed by atoms with Gasteiger partial charge in [0.05, 0.1) is 17.1 Å². The van der Waals surface area contributed by atoms with E-state index in [1.807, 2.05) is 12.3 Å². The number of carboxylic acid groups (broad SMARTS) is 1. The van der Waals surface area contributed by atoms with Gasteiger partial charge in [0, 0.05) is 11.3 Å². The summed E-state index contributed by atoms with van der Waals surface area (Å²) in [5.74, 6) is -0.333. The maximum atomic E-state index is 10.5. The van der Waals surface area contributed by atoms with Crippen LogP contribution in [0.2, 0.25) is 0 Å². The summed E-state index contributed by atoms with van der Waals surface area (Å²) in [5, 5.41) is 11.6. The fourth-order valence-corrected chi connectivity index (χ4v) is 2.18. The van der Waals surface area contributed by atoms with Gasteiger partial charge in [-0.1, -0.05) is 20.8 Å². The lowest BCUT2D eigenvalue weighted by atomic mass is 10.1. The highest BCUT2D eigenvalue weighted by atomic mass is 32.1. The van der Waals surface area contributed by atoms with E-state index in [4.69, 9.17) is 5.11 Å². The van der Waals surface area contributed by atoms with Gasteiger partial charge in [0.2, 0.25) is 0 Å². The first-order valence-electron chi connectivity index (χ1n) is 4.67. The molecule has 78 valence electrons. The molecule has 0 amide bonds. The molecule has 1 unspecified atom stereocenters. The molecule has 0 fully saturated rings. The Kier molecular flexibility index (Phi) is 3.63. The van der Waals surface area contributed by atoms with Crippen LogP contribution in [0, 0.1) is 0 Å². The molecule has 3 nitrogen and oxygen atoms in total. The van der Waals surface area contributed by atoms with E-state index >= 15 is 0 Å². The van der Waals surface area contributed by atoms with Gasteiger partial charge >= 0.3 is 5.97 Å². The molecule has 0 bridgehead atoms. The average molecular weight is 213 g/mol. The molecule has 1 aromatic rings. The third-order valence-electron chi connectivity index (χ3n) is 2.03. The summed E-state index contributed by atoms with van der Waals surface area (Å²) in [7, 11) is 0. The molecule has 0 spiro atoms. The minimum Gasteiger partial charge on any atom is -0.481 e. The highest BCUT2D eigenvalue weighted by Crippen LogP contribution is 2.25. The van der Waals surface area contributed by atoms with Crippen LogP contribution in [-0.2, 0) is 4.79 Å². The van der Waals surface area contributed by atoms with E-state index in [0.29, 0.717) is 5.92 Å². The molecule has 0 aliphatic rings. The minimum absolute atomic E-state index is 0.0185. The summed E-state index contributed by atoms with van der Waals surface area (Å²) in [6.07, 6.45) is 0.158. The van der Waals surface area contributed by atoms with Gasteiger partial charge in [0.25, 0.3) is 0 Å². The van der Waals surface area contributed by atoms with Gasteiger partial charge in [-0.15, -0.1) is 11.3 Å². The third-order valence-corrected chi connectivity index (χ3v) is 3.13. The number of aliphatic carboxylic acids is 1. The number of hydrogen-bond donors (Lipinski definition) is 1. The summed E-state index contributed by atoms with van der Waals surface area (Å²) in [4.78, 5) is 14.9. The standard InChI is InChI=1S/C10H15NO2S/c1-6(2)8-5-14-10(11-8)7(3)4-9(12)13/h5-7H,4H2,1-3H3,(H,12,13). The Bertz CT molecular complexity index is 320. The van der Waals surface area contributed by atoms with Gasteiger partial charge in [-0.3, -0.25) is 4.79 Å². The molecular formula is C10H15NO2S. The van der Waals surface area contributed by atoms with Gasteiger partial charge in [-0.2, -0.15) is 0 Å². The molecule has 0 saturated carbocycles. The lowest BCUT2D eigenvalue weighted by molar-refractivity contribution is -0.137. The van der Waals surface area contributed by atoms with Crippen molar-refractivity contribution >= 4 is 17.3 Å². The van der Waals surface area contributed by atoms with Crippen molar-refractivity contribution in [1.82, 2.24) is 4.98 Å². The zero-order chi connectivity index (χ0) is 10.7. The van der Waals surface area contributed by atoms with Gasteiger partial charge in [-0.25, -0.2) is 4.98 Å². The monoisotopic (exact) mass is 213 g/mol. The third kappa shape index (κ3) is 2.80. The van der Waals surface area contributed by atoms with Crippen molar-refractivity contribution < 1.29 is 9.90 Å². The highest BCUT2D eigenvalue weighted by Gasteiger charge is 2.14. The van der Waals surface area contributed by atoms with Crippen LogP contribution < -0.4 is 0 Å². The molecule has 0 saturated heterocycles. The van der Waals surface area contributed by atoms with Crippen molar-refractivity contribution in [3.05, 3.63) is 16.1 Å². The summed E-state index contributed by atoms with van der Waals surface area (Å²) >= 11 is 1.55. The maximum absolute atomic E-state index is 10.5. The fourth-order valence-electron chi connectivity index (χ4n) is 1.14. The predicted octanol–water partition coefficient (Wildman–Crippen LogP) is 2.84. The Morgan fingerprint density at radius 2 is 2.21 bits per heavy atom. The van der Waals surface area contributed by atoms with Crippen LogP contribution in [0.5, 0.6) is 0 Å². The van der Waals surface area contributed by atoms with Crippen molar-refractivity contribution in [3.8, 4) is 0 Å². The van der Waals surface area contributed by atoms with Crippen molar-refractivity contribution in [2.24, 2.45) is 0 Å². The van der Waals surface area contributed by atoms with Crippen LogP contribution in [0.25, 0.3) is 0 Å². The molecule has 0 aliphatic carbocycles.